The van der Waals surface area contributed by atoms with Gasteiger partial charge >= 0.3 is 0 Å². The standard InChI is InChI=1S/C19H21N5O/c1-4-15(11-24(3)21)19(9-12(19)2)23-18(25)17-8-14-7-13(10-20)5-6-16(14)22-17/h4-8,11-12,22H,1,9,21H2,2-3H3,(H,23,25)/b15-11+/t12-,19-/m1/s1. The van der Waals surface area contributed by atoms with E-state index < -0.39 is 5.54 Å². The molecule has 2 atom stereocenters. The molecule has 1 aromatic carbocycles. The van der Waals surface area contributed by atoms with Gasteiger partial charge in [0.05, 0.1) is 17.2 Å². The Balaban J connectivity index is 1.88. The van der Waals surface area contributed by atoms with E-state index in [9.17, 15) is 4.79 Å². The number of nitrogens with one attached hydrogen (secondary N) is 2. The lowest BCUT2D eigenvalue weighted by Gasteiger charge is -2.21. The van der Waals surface area contributed by atoms with E-state index in [1.807, 2.05) is 0 Å². The molecule has 1 heterocycles. The summed E-state index contributed by atoms with van der Waals surface area (Å²) in [6, 6.07) is 9.15. The van der Waals surface area contributed by atoms with Crippen LogP contribution in [0.5, 0.6) is 0 Å². The van der Waals surface area contributed by atoms with Crippen LogP contribution in [0.2, 0.25) is 0 Å². The van der Waals surface area contributed by atoms with Gasteiger partial charge < -0.3 is 15.3 Å². The van der Waals surface area contributed by atoms with Crippen LogP contribution in [-0.2, 0) is 0 Å². The molecule has 0 bridgehead atoms. The summed E-state index contributed by atoms with van der Waals surface area (Å²) in [5.41, 5.74) is 2.30. The number of carbonyl (C=O) groups is 1. The summed E-state index contributed by atoms with van der Waals surface area (Å²) in [5.74, 6) is 5.84. The smallest absolute Gasteiger partial charge is 0.268 e. The molecule has 0 aliphatic heterocycles. The van der Waals surface area contributed by atoms with Crippen LogP contribution in [0.25, 0.3) is 10.9 Å². The fourth-order valence-corrected chi connectivity index (χ4v) is 3.24. The molecule has 1 saturated carbocycles. The molecule has 1 aromatic heterocycles. The number of nitrogens with two attached hydrogens (primary N) is 1. The Morgan fingerprint density at radius 3 is 2.84 bits per heavy atom. The van der Waals surface area contributed by atoms with Crippen molar-refractivity contribution in [2.75, 3.05) is 7.05 Å². The van der Waals surface area contributed by atoms with Crippen LogP contribution in [0.4, 0.5) is 0 Å². The molecule has 3 rings (SSSR count). The molecule has 1 aliphatic carbocycles. The monoisotopic (exact) mass is 335 g/mol. The van der Waals surface area contributed by atoms with Crippen molar-refractivity contribution >= 4 is 16.8 Å². The highest BCUT2D eigenvalue weighted by molar-refractivity contribution is 5.99. The van der Waals surface area contributed by atoms with Crippen molar-refractivity contribution in [3.63, 3.8) is 0 Å². The largest absolute Gasteiger partial charge is 0.351 e. The highest BCUT2D eigenvalue weighted by atomic mass is 16.2. The third kappa shape index (κ3) is 3.02. The van der Waals surface area contributed by atoms with Crippen molar-refractivity contribution in [3.05, 3.63) is 60.0 Å². The van der Waals surface area contributed by atoms with Crippen LogP contribution in [0.15, 0.2) is 48.7 Å². The summed E-state index contributed by atoms with van der Waals surface area (Å²) in [5, 5.41) is 14.4. The van der Waals surface area contributed by atoms with Gasteiger partial charge in [-0.2, -0.15) is 5.26 Å². The maximum Gasteiger partial charge on any atom is 0.268 e. The predicted octanol–water partition coefficient (Wildman–Crippen LogP) is 2.42. The summed E-state index contributed by atoms with van der Waals surface area (Å²) in [4.78, 5) is 15.9. The van der Waals surface area contributed by atoms with Gasteiger partial charge in [0.15, 0.2) is 0 Å². The number of rotatable bonds is 5. The van der Waals surface area contributed by atoms with Gasteiger partial charge in [-0.25, -0.2) is 5.84 Å². The number of benzene rings is 1. The van der Waals surface area contributed by atoms with Crippen molar-refractivity contribution in [2.24, 2.45) is 11.8 Å². The second-order valence-electron chi connectivity index (χ2n) is 6.58. The van der Waals surface area contributed by atoms with Crippen LogP contribution in [-0.4, -0.2) is 28.5 Å². The second kappa shape index (κ2) is 6.11. The van der Waals surface area contributed by atoms with Gasteiger partial charge in [0.25, 0.3) is 5.91 Å². The fourth-order valence-electron chi connectivity index (χ4n) is 3.24. The van der Waals surface area contributed by atoms with Crippen molar-refractivity contribution in [2.45, 2.75) is 18.9 Å². The highest BCUT2D eigenvalue weighted by Crippen LogP contribution is 2.49. The van der Waals surface area contributed by atoms with Crippen molar-refractivity contribution in [1.29, 1.82) is 5.26 Å². The van der Waals surface area contributed by atoms with Gasteiger partial charge in [-0.3, -0.25) is 4.79 Å². The van der Waals surface area contributed by atoms with Gasteiger partial charge in [-0.15, -0.1) is 0 Å². The molecular weight excluding hydrogens is 314 g/mol. The number of H-pyrrole nitrogens is 1. The maximum atomic E-state index is 12.8. The minimum absolute atomic E-state index is 0.188. The quantitative estimate of drug-likeness (QED) is 0.444. The van der Waals surface area contributed by atoms with Gasteiger partial charge in [0, 0.05) is 24.2 Å². The predicted molar refractivity (Wildman–Crippen MR) is 97.2 cm³/mol. The third-order valence-electron chi connectivity index (χ3n) is 4.72. The molecular formula is C19H21N5O. The van der Waals surface area contributed by atoms with E-state index in [1.54, 1.807) is 43.6 Å². The van der Waals surface area contributed by atoms with Crippen molar-refractivity contribution in [1.82, 2.24) is 15.3 Å². The Morgan fingerprint density at radius 1 is 1.56 bits per heavy atom. The minimum atomic E-state index is -0.443. The number of nitrogens with zero attached hydrogens (tertiary/aromatic N) is 2. The van der Waals surface area contributed by atoms with Gasteiger partial charge in [-0.05, 0) is 42.2 Å². The summed E-state index contributed by atoms with van der Waals surface area (Å²) in [6.45, 7) is 5.93. The van der Waals surface area contributed by atoms with E-state index in [1.165, 1.54) is 5.01 Å². The molecule has 1 amide bonds. The first-order chi connectivity index (χ1) is 11.9. The average Bonchev–Trinajstić information content (AvgIpc) is 3.04. The number of nitriles is 1. The van der Waals surface area contributed by atoms with Gasteiger partial charge in [0.1, 0.15) is 5.69 Å². The molecule has 4 N–H and O–H groups in total. The SMILES string of the molecule is C=C/C(=C\N(C)N)[C@@]1(NC(=O)c2cc3cc(C#N)ccc3[nH]2)C[C@H]1C. The van der Waals surface area contributed by atoms with Crippen molar-refractivity contribution in [3.8, 4) is 6.07 Å². The first-order valence-electron chi connectivity index (χ1n) is 8.07. The summed E-state index contributed by atoms with van der Waals surface area (Å²) >= 11 is 0. The molecule has 2 aromatic rings. The Labute approximate surface area is 146 Å². The molecule has 0 radical (unpaired) electrons. The first-order valence-corrected chi connectivity index (χ1v) is 8.07. The zero-order chi connectivity index (χ0) is 18.2. The molecule has 0 saturated heterocycles. The lowest BCUT2D eigenvalue weighted by molar-refractivity contribution is 0.0931. The van der Waals surface area contributed by atoms with Crippen LogP contribution in [0.3, 0.4) is 0 Å². The van der Waals surface area contributed by atoms with Crippen LogP contribution < -0.4 is 11.2 Å². The second-order valence-corrected chi connectivity index (χ2v) is 6.58. The van der Waals surface area contributed by atoms with E-state index in [4.69, 9.17) is 11.1 Å². The molecule has 0 unspecified atom stereocenters. The molecule has 6 heteroatoms. The summed E-state index contributed by atoms with van der Waals surface area (Å²) < 4.78 is 0. The normalized spacial score (nSPS) is 22.3. The lowest BCUT2D eigenvalue weighted by Crippen LogP contribution is -2.40. The number of hydrazine groups is 1. The average molecular weight is 335 g/mol. The molecule has 0 spiro atoms. The molecule has 25 heavy (non-hydrogen) atoms. The minimum Gasteiger partial charge on any atom is -0.351 e. The fraction of sp³-hybridized carbons (Fsp3) is 0.263. The maximum absolute atomic E-state index is 12.8. The Kier molecular flexibility index (Phi) is 4.11. The van der Waals surface area contributed by atoms with Gasteiger partial charge in [-0.1, -0.05) is 19.6 Å². The number of fused-ring (bicyclic) bond motifs is 1. The summed E-state index contributed by atoms with van der Waals surface area (Å²) in [6.07, 6.45) is 4.35. The molecule has 1 aliphatic rings. The lowest BCUT2D eigenvalue weighted by atomic mass is 10.0. The Bertz CT molecular complexity index is 918. The number of carbonyl (C=O) groups excluding carboxylic acids is 1. The van der Waals surface area contributed by atoms with E-state index >= 15 is 0 Å². The first kappa shape index (κ1) is 16.8. The number of amides is 1. The highest BCUT2D eigenvalue weighted by Gasteiger charge is 2.54. The molecule has 128 valence electrons. The summed E-state index contributed by atoms with van der Waals surface area (Å²) in [7, 11) is 1.73. The Hall–Kier alpha value is -3.04. The Morgan fingerprint density at radius 2 is 2.28 bits per heavy atom. The third-order valence-corrected chi connectivity index (χ3v) is 4.72. The molecule has 6 nitrogen and oxygen atoms in total. The van der Waals surface area contributed by atoms with E-state index in [0.717, 1.165) is 22.9 Å². The van der Waals surface area contributed by atoms with Gasteiger partial charge in [0.2, 0.25) is 0 Å². The van der Waals surface area contributed by atoms with E-state index in [0.29, 0.717) is 17.2 Å². The number of aromatic nitrogens is 1. The van der Waals surface area contributed by atoms with E-state index in [-0.39, 0.29) is 5.91 Å². The molecule has 1 fully saturated rings. The number of aromatic amines is 1. The van der Waals surface area contributed by atoms with Crippen LogP contribution >= 0.6 is 0 Å². The zero-order valence-electron chi connectivity index (χ0n) is 14.3. The van der Waals surface area contributed by atoms with Crippen molar-refractivity contribution < 1.29 is 4.79 Å². The number of hydrogen-bond acceptors (Lipinski definition) is 4. The van der Waals surface area contributed by atoms with E-state index in [2.05, 4.69) is 29.9 Å². The number of hydrogen-bond donors (Lipinski definition) is 3. The zero-order valence-corrected chi connectivity index (χ0v) is 14.3. The van der Waals surface area contributed by atoms with Crippen LogP contribution in [0, 0.1) is 17.2 Å². The topological polar surface area (TPSA) is 97.9 Å². The van der Waals surface area contributed by atoms with Crippen LogP contribution in [0.1, 0.15) is 29.4 Å².